The zero-order valence-corrected chi connectivity index (χ0v) is 21.7. The number of aliphatic hydroxyl groups excluding tert-OH is 1. The molecule has 0 saturated heterocycles. The van der Waals surface area contributed by atoms with E-state index >= 15 is 0 Å². The van der Waals surface area contributed by atoms with Gasteiger partial charge in [0.25, 0.3) is 0 Å². The highest BCUT2D eigenvalue weighted by Gasteiger charge is 2.60. The Morgan fingerprint density at radius 1 is 0.906 bits per heavy atom. The second-order valence-corrected chi connectivity index (χ2v) is 12.8. The predicted molar refractivity (Wildman–Crippen MR) is 134 cm³/mol. The van der Waals surface area contributed by atoms with Crippen molar-refractivity contribution < 1.29 is 9.84 Å². The average Bonchev–Trinajstić information content (AvgIpc) is 3.15. The lowest BCUT2D eigenvalue weighted by atomic mass is 9.44. The highest BCUT2D eigenvalue weighted by atomic mass is 16.5. The molecule has 0 amide bonds. The SMILES string of the molecule is CO[C@@H]1CC[C@@]2(C)C(CCC3C2CC[C@@]2(C)C3CCC2[C@H](C)CCCNCCCCO)C1. The minimum Gasteiger partial charge on any atom is -0.396 e. The molecule has 4 fully saturated rings. The highest BCUT2D eigenvalue weighted by molar-refractivity contribution is 5.09. The summed E-state index contributed by atoms with van der Waals surface area (Å²) in [6.07, 6.45) is 18.2. The smallest absolute Gasteiger partial charge is 0.0574 e. The van der Waals surface area contributed by atoms with Crippen molar-refractivity contribution in [2.45, 2.75) is 110 Å². The zero-order chi connectivity index (χ0) is 22.8. The van der Waals surface area contributed by atoms with E-state index in [4.69, 9.17) is 9.84 Å². The fourth-order valence-electron chi connectivity index (χ4n) is 9.65. The highest BCUT2D eigenvalue weighted by Crippen LogP contribution is 2.68. The van der Waals surface area contributed by atoms with Crippen molar-refractivity contribution in [3.05, 3.63) is 0 Å². The second-order valence-electron chi connectivity index (χ2n) is 12.8. The third kappa shape index (κ3) is 4.69. The summed E-state index contributed by atoms with van der Waals surface area (Å²) in [5.74, 6) is 5.69. The molecule has 0 spiro atoms. The molecule has 186 valence electrons. The van der Waals surface area contributed by atoms with E-state index in [-0.39, 0.29) is 0 Å². The van der Waals surface area contributed by atoms with Crippen molar-refractivity contribution >= 4 is 0 Å². The molecule has 4 rings (SSSR count). The van der Waals surface area contributed by atoms with E-state index < -0.39 is 0 Å². The topological polar surface area (TPSA) is 41.5 Å². The second kappa shape index (κ2) is 10.6. The van der Waals surface area contributed by atoms with Gasteiger partial charge in [0.05, 0.1) is 6.10 Å². The van der Waals surface area contributed by atoms with E-state index in [1.807, 2.05) is 7.11 Å². The molecule has 0 radical (unpaired) electrons. The summed E-state index contributed by atoms with van der Waals surface area (Å²) in [4.78, 5) is 0. The van der Waals surface area contributed by atoms with Gasteiger partial charge in [0.15, 0.2) is 0 Å². The van der Waals surface area contributed by atoms with Gasteiger partial charge >= 0.3 is 0 Å². The standard InChI is InChI=1S/C29H53NO2/c1-21(8-7-18-30-17-5-6-19-31)25-11-12-26-24-10-9-22-20-23(32-4)13-15-28(22,2)27(24)14-16-29(25,26)3/h21-27,30-31H,5-20H2,1-4H3/t21-,22?,23-,24?,25?,26?,27?,28+,29-/m1/s1. The lowest BCUT2D eigenvalue weighted by Crippen LogP contribution is -2.54. The summed E-state index contributed by atoms with van der Waals surface area (Å²) in [5, 5.41) is 12.5. The Balaban J connectivity index is 1.33. The number of unbranched alkanes of at least 4 members (excludes halogenated alkanes) is 1. The number of rotatable bonds is 10. The maximum atomic E-state index is 8.91. The number of methoxy groups -OCH3 is 1. The predicted octanol–water partition coefficient (Wildman–Crippen LogP) is 6.44. The first-order chi connectivity index (χ1) is 15.4. The summed E-state index contributed by atoms with van der Waals surface area (Å²) >= 11 is 0. The molecule has 4 saturated carbocycles. The first kappa shape index (κ1) is 25.0. The third-order valence-corrected chi connectivity index (χ3v) is 11.5. The lowest BCUT2D eigenvalue weighted by Gasteiger charge is -2.61. The molecule has 5 unspecified atom stereocenters. The van der Waals surface area contributed by atoms with Crippen molar-refractivity contribution in [1.29, 1.82) is 0 Å². The van der Waals surface area contributed by atoms with E-state index in [0.29, 0.717) is 23.5 Å². The van der Waals surface area contributed by atoms with Crippen molar-refractivity contribution in [1.82, 2.24) is 5.32 Å². The van der Waals surface area contributed by atoms with E-state index in [1.54, 1.807) is 0 Å². The van der Waals surface area contributed by atoms with E-state index in [2.05, 4.69) is 26.1 Å². The maximum Gasteiger partial charge on any atom is 0.0574 e. The van der Waals surface area contributed by atoms with Crippen LogP contribution in [0.3, 0.4) is 0 Å². The van der Waals surface area contributed by atoms with Crippen molar-refractivity contribution in [3.63, 3.8) is 0 Å². The molecule has 4 aliphatic carbocycles. The molecule has 4 aliphatic rings. The number of ether oxygens (including phenoxy) is 1. The Kier molecular flexibility index (Phi) is 8.32. The van der Waals surface area contributed by atoms with Gasteiger partial charge in [-0.1, -0.05) is 20.8 Å². The van der Waals surface area contributed by atoms with Crippen LogP contribution in [0.25, 0.3) is 0 Å². The summed E-state index contributed by atoms with van der Waals surface area (Å²) < 4.78 is 5.80. The number of hydrogen-bond donors (Lipinski definition) is 2. The first-order valence-electron chi connectivity index (χ1n) is 14.3. The summed E-state index contributed by atoms with van der Waals surface area (Å²) in [6, 6.07) is 0. The van der Waals surface area contributed by atoms with Crippen LogP contribution in [-0.2, 0) is 4.74 Å². The van der Waals surface area contributed by atoms with Gasteiger partial charge in [0, 0.05) is 13.7 Å². The van der Waals surface area contributed by atoms with Crippen LogP contribution < -0.4 is 5.32 Å². The average molecular weight is 448 g/mol. The summed E-state index contributed by atoms with van der Waals surface area (Å²) in [6.45, 7) is 10.5. The molecular formula is C29H53NO2. The molecular weight excluding hydrogens is 394 g/mol. The van der Waals surface area contributed by atoms with E-state index in [0.717, 1.165) is 61.4 Å². The molecule has 0 heterocycles. The minimum absolute atomic E-state index is 0.329. The zero-order valence-electron chi connectivity index (χ0n) is 21.7. The molecule has 0 aliphatic heterocycles. The van der Waals surface area contributed by atoms with Gasteiger partial charge in [0.1, 0.15) is 0 Å². The fraction of sp³-hybridized carbons (Fsp3) is 1.00. The number of aliphatic hydroxyl groups is 1. The summed E-state index contributed by atoms with van der Waals surface area (Å²) in [7, 11) is 1.93. The van der Waals surface area contributed by atoms with Gasteiger partial charge in [-0.25, -0.2) is 0 Å². The molecule has 0 aromatic rings. The molecule has 2 N–H and O–H groups in total. The molecule has 0 bridgehead atoms. The Morgan fingerprint density at radius 2 is 1.66 bits per heavy atom. The molecule has 0 aromatic carbocycles. The van der Waals surface area contributed by atoms with Crippen LogP contribution >= 0.6 is 0 Å². The Labute approximate surface area is 198 Å². The van der Waals surface area contributed by atoms with Gasteiger partial charge < -0.3 is 15.2 Å². The van der Waals surface area contributed by atoms with Crippen LogP contribution in [-0.4, -0.2) is 38.0 Å². The van der Waals surface area contributed by atoms with Crippen LogP contribution in [0.2, 0.25) is 0 Å². The lowest BCUT2D eigenvalue weighted by molar-refractivity contribution is -0.133. The molecule has 0 aromatic heterocycles. The van der Waals surface area contributed by atoms with Crippen LogP contribution in [0.5, 0.6) is 0 Å². The molecule has 3 nitrogen and oxygen atoms in total. The number of nitrogens with one attached hydrogen (secondary N) is 1. The van der Waals surface area contributed by atoms with Crippen LogP contribution in [0.1, 0.15) is 104 Å². The monoisotopic (exact) mass is 447 g/mol. The fourth-order valence-corrected chi connectivity index (χ4v) is 9.65. The minimum atomic E-state index is 0.329. The van der Waals surface area contributed by atoms with E-state index in [1.165, 1.54) is 70.6 Å². The Bertz CT molecular complexity index is 596. The van der Waals surface area contributed by atoms with Crippen molar-refractivity contribution in [3.8, 4) is 0 Å². The van der Waals surface area contributed by atoms with Gasteiger partial charge in [-0.3, -0.25) is 0 Å². The van der Waals surface area contributed by atoms with Crippen molar-refractivity contribution in [2.24, 2.45) is 46.3 Å². The summed E-state index contributed by atoms with van der Waals surface area (Å²) in [5.41, 5.74) is 1.19. The van der Waals surface area contributed by atoms with Gasteiger partial charge in [-0.05, 0) is 143 Å². The van der Waals surface area contributed by atoms with Gasteiger partial charge in [-0.15, -0.1) is 0 Å². The number of fused-ring (bicyclic) bond motifs is 5. The third-order valence-electron chi connectivity index (χ3n) is 11.5. The van der Waals surface area contributed by atoms with Crippen molar-refractivity contribution in [2.75, 3.05) is 26.8 Å². The Hall–Kier alpha value is -0.120. The normalized spacial score (nSPS) is 44.5. The first-order valence-corrected chi connectivity index (χ1v) is 14.3. The Morgan fingerprint density at radius 3 is 2.44 bits per heavy atom. The maximum absolute atomic E-state index is 8.91. The molecule has 3 heteroatoms. The van der Waals surface area contributed by atoms with Crippen LogP contribution in [0.15, 0.2) is 0 Å². The quantitative estimate of drug-likeness (QED) is 0.379. The van der Waals surface area contributed by atoms with E-state index in [9.17, 15) is 0 Å². The van der Waals surface area contributed by atoms with Gasteiger partial charge in [-0.2, -0.15) is 0 Å². The molecule has 9 atom stereocenters. The largest absolute Gasteiger partial charge is 0.396 e. The van der Waals surface area contributed by atoms with Crippen LogP contribution in [0.4, 0.5) is 0 Å². The number of hydrogen-bond acceptors (Lipinski definition) is 3. The molecule has 32 heavy (non-hydrogen) atoms. The van der Waals surface area contributed by atoms with Gasteiger partial charge in [0.2, 0.25) is 0 Å². The van der Waals surface area contributed by atoms with Crippen LogP contribution in [0, 0.1) is 46.3 Å².